The number of carbonyl (C=O) groups excluding carboxylic acids is 1. The molecule has 0 fully saturated rings. The summed E-state index contributed by atoms with van der Waals surface area (Å²) < 4.78 is 1.63. The summed E-state index contributed by atoms with van der Waals surface area (Å²) in [4.78, 5) is 22.1. The Morgan fingerprint density at radius 1 is 1.50 bits per heavy atom. The van der Waals surface area contributed by atoms with Crippen LogP contribution in [-0.4, -0.2) is 49.6 Å². The minimum Gasteiger partial charge on any atom is -0.480 e. The Labute approximate surface area is 103 Å². The number of carboxylic acids is 1. The summed E-state index contributed by atoms with van der Waals surface area (Å²) in [5.74, 6) is -0.778. The van der Waals surface area contributed by atoms with Crippen molar-refractivity contribution in [1.29, 1.82) is 0 Å². The fourth-order valence-corrected chi connectivity index (χ4v) is 1.33. The zero-order chi connectivity index (χ0) is 13.7. The molecule has 0 radical (unpaired) electrons. The third-order valence-corrected chi connectivity index (χ3v) is 2.27. The number of nitrogens with zero attached hydrogens (tertiary/aromatic N) is 3. The molecule has 0 bridgehead atoms. The van der Waals surface area contributed by atoms with Gasteiger partial charge in [-0.05, 0) is 6.92 Å². The lowest BCUT2D eigenvalue weighted by Crippen LogP contribution is -2.48. The molecule has 18 heavy (non-hydrogen) atoms. The number of nitrogens with one attached hydrogen (secondary N) is 2. The van der Waals surface area contributed by atoms with E-state index < -0.39 is 30.7 Å². The summed E-state index contributed by atoms with van der Waals surface area (Å²) in [7, 11) is 1.72. The summed E-state index contributed by atoms with van der Waals surface area (Å²) in [6.07, 6.45) is 1.49. The second-order valence-electron chi connectivity index (χ2n) is 3.71. The number of rotatable bonds is 5. The van der Waals surface area contributed by atoms with E-state index in [1.165, 1.54) is 6.33 Å². The van der Waals surface area contributed by atoms with Gasteiger partial charge in [0.15, 0.2) is 11.9 Å². The van der Waals surface area contributed by atoms with Crippen LogP contribution < -0.4 is 10.6 Å². The summed E-state index contributed by atoms with van der Waals surface area (Å²) >= 11 is 0. The first kappa shape index (κ1) is 13.9. The minimum absolute atomic E-state index is 0.439. The maximum Gasteiger partial charge on any atom is 0.328 e. The van der Waals surface area contributed by atoms with Crippen molar-refractivity contribution in [2.75, 3.05) is 6.61 Å². The predicted octanol–water partition coefficient (Wildman–Crippen LogP) is -1.38. The molecule has 9 nitrogen and oxygen atoms in total. The van der Waals surface area contributed by atoms with Crippen molar-refractivity contribution in [3.8, 4) is 0 Å². The third kappa shape index (κ3) is 3.42. The zero-order valence-corrected chi connectivity index (χ0v) is 9.99. The van der Waals surface area contributed by atoms with E-state index in [9.17, 15) is 9.59 Å². The van der Waals surface area contributed by atoms with Gasteiger partial charge in [0.05, 0.1) is 12.6 Å². The molecule has 2 amide bonds. The molecule has 1 aromatic heterocycles. The standard InChI is InChI=1S/C9H15N5O4/c1-5(7-13-10-4-14(7)2)11-9(18)12-6(3-15)8(16)17/h4-6,15H,3H2,1-2H3,(H,16,17)(H2,11,12,18)/t5?,6-/m0/s1. The number of hydrogen-bond acceptors (Lipinski definition) is 5. The van der Waals surface area contributed by atoms with E-state index in [4.69, 9.17) is 10.2 Å². The molecular formula is C9H15N5O4. The van der Waals surface area contributed by atoms with Crippen LogP contribution in [0.5, 0.6) is 0 Å². The van der Waals surface area contributed by atoms with Crippen LogP contribution in [0.25, 0.3) is 0 Å². The molecule has 9 heteroatoms. The molecule has 0 aliphatic rings. The van der Waals surface area contributed by atoms with E-state index in [-0.39, 0.29) is 0 Å². The van der Waals surface area contributed by atoms with Gasteiger partial charge in [-0.1, -0.05) is 0 Å². The molecule has 4 N–H and O–H groups in total. The fraction of sp³-hybridized carbons (Fsp3) is 0.556. The van der Waals surface area contributed by atoms with Crippen molar-refractivity contribution in [3.05, 3.63) is 12.2 Å². The van der Waals surface area contributed by atoms with Gasteiger partial charge in [0.2, 0.25) is 0 Å². The Balaban J connectivity index is 2.55. The Hall–Kier alpha value is -2.16. The van der Waals surface area contributed by atoms with Crippen LogP contribution in [0, 0.1) is 0 Å². The molecule has 1 aromatic rings. The Kier molecular flexibility index (Phi) is 4.60. The molecule has 0 spiro atoms. The van der Waals surface area contributed by atoms with Gasteiger partial charge >= 0.3 is 12.0 Å². The van der Waals surface area contributed by atoms with Gasteiger partial charge in [0.25, 0.3) is 0 Å². The normalized spacial score (nSPS) is 13.7. The molecule has 0 aliphatic heterocycles. The number of aliphatic hydroxyl groups excluding tert-OH is 1. The van der Waals surface area contributed by atoms with Crippen LogP contribution in [-0.2, 0) is 11.8 Å². The largest absolute Gasteiger partial charge is 0.480 e. The molecule has 100 valence electrons. The van der Waals surface area contributed by atoms with Crippen LogP contribution >= 0.6 is 0 Å². The Morgan fingerprint density at radius 3 is 2.61 bits per heavy atom. The summed E-state index contributed by atoms with van der Waals surface area (Å²) in [6.45, 7) is 0.999. The number of hydrogen-bond donors (Lipinski definition) is 4. The number of urea groups is 1. The first-order chi connectivity index (χ1) is 8.45. The highest BCUT2D eigenvalue weighted by atomic mass is 16.4. The molecule has 0 aromatic carbocycles. The molecule has 1 heterocycles. The lowest BCUT2D eigenvalue weighted by atomic mass is 10.3. The van der Waals surface area contributed by atoms with Gasteiger partial charge in [-0.2, -0.15) is 0 Å². The molecule has 1 rings (SSSR count). The van der Waals surface area contributed by atoms with Crippen molar-refractivity contribution >= 4 is 12.0 Å². The zero-order valence-electron chi connectivity index (χ0n) is 9.99. The fourth-order valence-electron chi connectivity index (χ4n) is 1.33. The van der Waals surface area contributed by atoms with Crippen LogP contribution in [0.2, 0.25) is 0 Å². The highest BCUT2D eigenvalue weighted by Crippen LogP contribution is 2.06. The molecule has 0 aliphatic carbocycles. The quantitative estimate of drug-likeness (QED) is 0.514. The smallest absolute Gasteiger partial charge is 0.328 e. The van der Waals surface area contributed by atoms with E-state index >= 15 is 0 Å². The van der Waals surface area contributed by atoms with Gasteiger partial charge in [-0.25, -0.2) is 9.59 Å². The maximum atomic E-state index is 11.5. The number of aromatic nitrogens is 3. The van der Waals surface area contributed by atoms with Crippen LogP contribution in [0.4, 0.5) is 4.79 Å². The van der Waals surface area contributed by atoms with Crippen molar-refractivity contribution in [3.63, 3.8) is 0 Å². The third-order valence-electron chi connectivity index (χ3n) is 2.27. The first-order valence-electron chi connectivity index (χ1n) is 5.20. The number of aliphatic hydroxyl groups is 1. The first-order valence-corrected chi connectivity index (χ1v) is 5.20. The number of aliphatic carboxylic acids is 1. The van der Waals surface area contributed by atoms with E-state index in [1.54, 1.807) is 18.5 Å². The van der Waals surface area contributed by atoms with Gasteiger partial charge in [0.1, 0.15) is 6.33 Å². The predicted molar refractivity (Wildman–Crippen MR) is 59.6 cm³/mol. The Morgan fingerprint density at radius 2 is 2.17 bits per heavy atom. The number of aryl methyl sites for hydroxylation is 1. The maximum absolute atomic E-state index is 11.5. The van der Waals surface area contributed by atoms with Crippen LogP contribution in [0.3, 0.4) is 0 Å². The second-order valence-corrected chi connectivity index (χ2v) is 3.71. The van der Waals surface area contributed by atoms with Crippen molar-refractivity contribution < 1.29 is 19.8 Å². The molecular weight excluding hydrogens is 242 g/mol. The van der Waals surface area contributed by atoms with E-state index in [1.807, 2.05) is 0 Å². The molecule has 0 saturated carbocycles. The van der Waals surface area contributed by atoms with Crippen molar-refractivity contribution in [2.45, 2.75) is 19.0 Å². The average Bonchev–Trinajstić information content (AvgIpc) is 2.71. The molecule has 2 atom stereocenters. The SMILES string of the molecule is CC(NC(=O)N[C@@H](CO)C(=O)O)c1nncn1C. The van der Waals surface area contributed by atoms with Gasteiger partial charge in [-0.3, -0.25) is 0 Å². The van der Waals surface area contributed by atoms with Gasteiger partial charge < -0.3 is 25.4 Å². The van der Waals surface area contributed by atoms with Crippen molar-refractivity contribution in [1.82, 2.24) is 25.4 Å². The lowest BCUT2D eigenvalue weighted by Gasteiger charge is -2.16. The van der Waals surface area contributed by atoms with Crippen LogP contribution in [0.15, 0.2) is 6.33 Å². The second kappa shape index (κ2) is 5.96. The summed E-state index contributed by atoms with van der Waals surface area (Å²) in [5.41, 5.74) is 0. The van der Waals surface area contributed by atoms with Gasteiger partial charge in [0, 0.05) is 7.05 Å². The van der Waals surface area contributed by atoms with E-state index in [0.29, 0.717) is 5.82 Å². The highest BCUT2D eigenvalue weighted by Gasteiger charge is 2.20. The number of amides is 2. The van der Waals surface area contributed by atoms with E-state index in [0.717, 1.165) is 0 Å². The average molecular weight is 257 g/mol. The van der Waals surface area contributed by atoms with Gasteiger partial charge in [-0.15, -0.1) is 10.2 Å². The summed E-state index contributed by atoms with van der Waals surface area (Å²) in [5, 5.41) is 29.5. The minimum atomic E-state index is -1.34. The lowest BCUT2D eigenvalue weighted by molar-refractivity contribution is -0.140. The van der Waals surface area contributed by atoms with E-state index in [2.05, 4.69) is 20.8 Å². The molecule has 1 unspecified atom stereocenters. The Bertz CT molecular complexity index is 432. The monoisotopic (exact) mass is 257 g/mol. The number of carbonyl (C=O) groups is 2. The van der Waals surface area contributed by atoms with Crippen LogP contribution in [0.1, 0.15) is 18.8 Å². The number of carboxylic acid groups (broad SMARTS) is 1. The molecule has 0 saturated heterocycles. The topological polar surface area (TPSA) is 129 Å². The summed E-state index contributed by atoms with van der Waals surface area (Å²) in [6, 6.07) is -2.48. The highest BCUT2D eigenvalue weighted by molar-refractivity contribution is 5.82. The van der Waals surface area contributed by atoms with Crippen molar-refractivity contribution in [2.24, 2.45) is 7.05 Å².